The van der Waals surface area contributed by atoms with Gasteiger partial charge in [0, 0.05) is 12.0 Å². The van der Waals surface area contributed by atoms with E-state index in [0.717, 1.165) is 12.8 Å². The number of hydrogen-bond donors (Lipinski definition) is 2. The van der Waals surface area contributed by atoms with E-state index in [0.29, 0.717) is 16.8 Å². The lowest BCUT2D eigenvalue weighted by molar-refractivity contribution is 0.0930. The summed E-state index contributed by atoms with van der Waals surface area (Å²) in [7, 11) is 0. The van der Waals surface area contributed by atoms with Gasteiger partial charge in [-0.1, -0.05) is 6.07 Å². The van der Waals surface area contributed by atoms with Crippen LogP contribution in [0.3, 0.4) is 0 Å². The number of aliphatic hydroxyl groups excluding tert-OH is 1. The van der Waals surface area contributed by atoms with Crippen LogP contribution in [0, 0.1) is 5.41 Å². The van der Waals surface area contributed by atoms with E-state index in [1.54, 1.807) is 18.2 Å². The molecule has 0 spiro atoms. The molecule has 0 saturated heterocycles. The van der Waals surface area contributed by atoms with Gasteiger partial charge >= 0.3 is 0 Å². The number of carbonyl (C=O) groups excluding carboxylic acids is 1. The van der Waals surface area contributed by atoms with Crippen LogP contribution in [-0.2, 0) is 0 Å². The highest BCUT2D eigenvalue weighted by Crippen LogP contribution is 2.44. The smallest absolute Gasteiger partial charge is 0.269 e. The summed E-state index contributed by atoms with van der Waals surface area (Å²) in [4.78, 5) is 15.8. The van der Waals surface area contributed by atoms with Gasteiger partial charge in [0.15, 0.2) is 0 Å². The van der Waals surface area contributed by atoms with E-state index in [9.17, 15) is 4.79 Å². The molecule has 0 unspecified atom stereocenters. The lowest BCUT2D eigenvalue weighted by Crippen LogP contribution is -2.32. The number of nitrogens with zero attached hydrogens (tertiary/aromatic N) is 1. The highest BCUT2D eigenvalue weighted by molar-refractivity contribution is 9.10. The van der Waals surface area contributed by atoms with Crippen molar-refractivity contribution in [2.75, 3.05) is 13.2 Å². The first-order chi connectivity index (χ1) is 7.65. The van der Waals surface area contributed by atoms with E-state index in [1.807, 2.05) is 0 Å². The van der Waals surface area contributed by atoms with Crippen LogP contribution >= 0.6 is 15.9 Å². The number of aliphatic hydroxyl groups is 1. The summed E-state index contributed by atoms with van der Waals surface area (Å²) in [6, 6.07) is 5.20. The molecule has 1 aliphatic rings. The Kier molecular flexibility index (Phi) is 3.25. The van der Waals surface area contributed by atoms with Crippen LogP contribution in [0.25, 0.3) is 0 Å². The summed E-state index contributed by atoms with van der Waals surface area (Å²) < 4.78 is 0.642. The average molecular weight is 285 g/mol. The molecule has 16 heavy (non-hydrogen) atoms. The van der Waals surface area contributed by atoms with Crippen molar-refractivity contribution >= 4 is 21.8 Å². The summed E-state index contributed by atoms with van der Waals surface area (Å²) in [6.45, 7) is 0.662. The first-order valence-electron chi connectivity index (χ1n) is 5.17. The zero-order valence-electron chi connectivity index (χ0n) is 8.74. The lowest BCUT2D eigenvalue weighted by atomic mass is 10.1. The third-order valence-electron chi connectivity index (χ3n) is 2.86. The third-order valence-corrected chi connectivity index (χ3v) is 3.31. The maximum absolute atomic E-state index is 11.7. The highest BCUT2D eigenvalue weighted by Gasteiger charge is 2.42. The molecule has 1 aromatic rings. The maximum atomic E-state index is 11.7. The number of pyridine rings is 1. The van der Waals surface area contributed by atoms with Gasteiger partial charge in [-0.2, -0.15) is 0 Å². The normalized spacial score (nSPS) is 16.9. The number of rotatable bonds is 4. The van der Waals surface area contributed by atoms with E-state index < -0.39 is 0 Å². The maximum Gasteiger partial charge on any atom is 0.269 e. The monoisotopic (exact) mass is 284 g/mol. The van der Waals surface area contributed by atoms with Gasteiger partial charge < -0.3 is 10.4 Å². The number of amides is 1. The van der Waals surface area contributed by atoms with Gasteiger partial charge in [-0.05, 0) is 40.9 Å². The number of carbonyl (C=O) groups is 1. The molecule has 1 amide bonds. The molecule has 4 nitrogen and oxygen atoms in total. The molecular formula is C11H13BrN2O2. The fourth-order valence-corrected chi connectivity index (χ4v) is 1.80. The van der Waals surface area contributed by atoms with Gasteiger partial charge in [0.2, 0.25) is 0 Å². The predicted molar refractivity (Wildman–Crippen MR) is 63.0 cm³/mol. The van der Waals surface area contributed by atoms with Gasteiger partial charge in [0.05, 0.1) is 6.61 Å². The standard InChI is InChI=1S/C11H13BrN2O2/c12-9-3-1-2-8(14-9)10(16)13-6-11(7-15)4-5-11/h1-3,15H,4-7H2,(H,13,16). The summed E-state index contributed by atoms with van der Waals surface area (Å²) in [5.41, 5.74) is 0.324. The van der Waals surface area contributed by atoms with Crippen LogP contribution in [0.5, 0.6) is 0 Å². The van der Waals surface area contributed by atoms with Crippen LogP contribution in [0.4, 0.5) is 0 Å². The molecule has 2 N–H and O–H groups in total. The molecule has 2 rings (SSSR count). The molecule has 0 aliphatic heterocycles. The molecule has 86 valence electrons. The topological polar surface area (TPSA) is 62.2 Å². The van der Waals surface area contributed by atoms with Crippen LogP contribution in [0.1, 0.15) is 23.3 Å². The van der Waals surface area contributed by atoms with E-state index in [2.05, 4.69) is 26.2 Å². The number of nitrogens with one attached hydrogen (secondary N) is 1. The van der Waals surface area contributed by atoms with E-state index in [-0.39, 0.29) is 17.9 Å². The zero-order valence-corrected chi connectivity index (χ0v) is 10.3. The molecule has 0 radical (unpaired) electrons. The predicted octanol–water partition coefficient (Wildman–Crippen LogP) is 1.35. The van der Waals surface area contributed by atoms with Crippen molar-refractivity contribution in [1.82, 2.24) is 10.3 Å². The fraction of sp³-hybridized carbons (Fsp3) is 0.455. The van der Waals surface area contributed by atoms with E-state index in [1.165, 1.54) is 0 Å². The Bertz CT molecular complexity index is 405. The van der Waals surface area contributed by atoms with Crippen LogP contribution in [-0.4, -0.2) is 29.1 Å². The zero-order chi connectivity index (χ0) is 11.6. The largest absolute Gasteiger partial charge is 0.396 e. The van der Waals surface area contributed by atoms with Gasteiger partial charge in [0.1, 0.15) is 10.3 Å². The quantitative estimate of drug-likeness (QED) is 0.821. The summed E-state index contributed by atoms with van der Waals surface area (Å²) in [5.74, 6) is -0.193. The SMILES string of the molecule is O=C(NCC1(CO)CC1)c1cccc(Br)n1. The van der Waals surface area contributed by atoms with Crippen molar-refractivity contribution in [3.05, 3.63) is 28.5 Å². The fourth-order valence-electron chi connectivity index (χ4n) is 1.46. The van der Waals surface area contributed by atoms with E-state index in [4.69, 9.17) is 5.11 Å². The number of hydrogen-bond acceptors (Lipinski definition) is 3. The molecule has 0 aromatic carbocycles. The summed E-state index contributed by atoms with van der Waals surface area (Å²) in [5, 5.41) is 11.9. The second-order valence-electron chi connectivity index (χ2n) is 4.19. The molecule has 1 aliphatic carbocycles. The summed E-state index contributed by atoms with van der Waals surface area (Å²) in [6.07, 6.45) is 1.96. The molecule has 1 fully saturated rings. The van der Waals surface area contributed by atoms with Crippen LogP contribution < -0.4 is 5.32 Å². The third kappa shape index (κ3) is 2.59. The lowest BCUT2D eigenvalue weighted by Gasteiger charge is -2.12. The highest BCUT2D eigenvalue weighted by atomic mass is 79.9. The Hall–Kier alpha value is -0.940. The van der Waals surface area contributed by atoms with Crippen LogP contribution in [0.15, 0.2) is 22.8 Å². The van der Waals surface area contributed by atoms with Crippen molar-refractivity contribution in [1.29, 1.82) is 0 Å². The van der Waals surface area contributed by atoms with Gasteiger partial charge in [-0.25, -0.2) is 4.98 Å². The number of aromatic nitrogens is 1. The Balaban J connectivity index is 1.93. The molecule has 1 heterocycles. The Morgan fingerprint density at radius 3 is 2.88 bits per heavy atom. The summed E-state index contributed by atoms with van der Waals surface area (Å²) >= 11 is 3.22. The minimum atomic E-state index is -0.193. The molecule has 0 bridgehead atoms. The molecular weight excluding hydrogens is 272 g/mol. The molecule has 0 atom stereocenters. The molecule has 1 aromatic heterocycles. The Labute approximate surface area is 102 Å². The van der Waals surface area contributed by atoms with Gasteiger partial charge in [0.25, 0.3) is 5.91 Å². The van der Waals surface area contributed by atoms with Crippen molar-refractivity contribution in [2.24, 2.45) is 5.41 Å². The molecule has 5 heteroatoms. The molecule has 1 saturated carbocycles. The first kappa shape index (κ1) is 11.5. The second kappa shape index (κ2) is 4.51. The van der Waals surface area contributed by atoms with Crippen LogP contribution in [0.2, 0.25) is 0 Å². The van der Waals surface area contributed by atoms with Crippen molar-refractivity contribution in [3.63, 3.8) is 0 Å². The number of halogens is 1. The van der Waals surface area contributed by atoms with E-state index >= 15 is 0 Å². The average Bonchev–Trinajstić information content (AvgIpc) is 3.07. The first-order valence-corrected chi connectivity index (χ1v) is 5.96. The minimum Gasteiger partial charge on any atom is -0.396 e. The van der Waals surface area contributed by atoms with Crippen molar-refractivity contribution in [2.45, 2.75) is 12.8 Å². The van der Waals surface area contributed by atoms with Gasteiger partial charge in [-0.15, -0.1) is 0 Å². The Morgan fingerprint density at radius 1 is 1.56 bits per heavy atom. The van der Waals surface area contributed by atoms with Gasteiger partial charge in [-0.3, -0.25) is 4.79 Å². The Morgan fingerprint density at radius 2 is 2.31 bits per heavy atom. The van der Waals surface area contributed by atoms with Crippen molar-refractivity contribution in [3.8, 4) is 0 Å². The second-order valence-corrected chi connectivity index (χ2v) is 5.00. The van der Waals surface area contributed by atoms with Crippen molar-refractivity contribution < 1.29 is 9.90 Å². The minimum absolute atomic E-state index is 0.0678.